The lowest BCUT2D eigenvalue weighted by molar-refractivity contribution is 0.0689. The first-order valence-electron chi connectivity index (χ1n) is 6.21. The Morgan fingerprint density at radius 2 is 2.22 bits per heavy atom. The monoisotopic (exact) mass is 359 g/mol. The van der Waals surface area contributed by atoms with Gasteiger partial charge in [0.2, 0.25) is 5.13 Å². The highest BCUT2D eigenvalue weighted by Gasteiger charge is 2.40. The maximum atomic E-state index is 14.0. The van der Waals surface area contributed by atoms with Crippen molar-refractivity contribution in [2.75, 3.05) is 5.73 Å². The molecule has 0 fully saturated rings. The average Bonchev–Trinajstić information content (AvgIpc) is 2.85. The second-order valence-corrected chi connectivity index (χ2v) is 7.10. The number of nitrogen functional groups attached to an aromatic ring is 1. The van der Waals surface area contributed by atoms with Gasteiger partial charge in [-0.05, 0) is 6.42 Å². The SMILES string of the molecule is Nc1nnc(SC2Cc3c(F)cc(F)c(C(=O)O)c3OB2O)s1. The molecule has 12 heteroatoms. The third-order valence-corrected chi connectivity index (χ3v) is 5.20. The minimum Gasteiger partial charge on any atom is -0.534 e. The second kappa shape index (κ2) is 5.94. The topological polar surface area (TPSA) is 119 Å². The molecule has 0 amide bonds. The zero-order chi connectivity index (χ0) is 16.7. The molecule has 23 heavy (non-hydrogen) atoms. The quantitative estimate of drug-likeness (QED) is 0.700. The van der Waals surface area contributed by atoms with Crippen molar-refractivity contribution in [3.05, 3.63) is 28.8 Å². The summed E-state index contributed by atoms with van der Waals surface area (Å²) in [6, 6.07) is 0.494. The molecule has 0 radical (unpaired) electrons. The smallest absolute Gasteiger partial charge is 0.534 e. The van der Waals surface area contributed by atoms with E-state index in [4.69, 9.17) is 15.5 Å². The van der Waals surface area contributed by atoms with Crippen LogP contribution in [0.5, 0.6) is 5.75 Å². The molecule has 120 valence electrons. The van der Waals surface area contributed by atoms with Gasteiger partial charge in [-0.25, -0.2) is 13.6 Å². The van der Waals surface area contributed by atoms with Gasteiger partial charge in [0.15, 0.2) is 4.34 Å². The zero-order valence-corrected chi connectivity index (χ0v) is 12.8. The highest BCUT2D eigenvalue weighted by atomic mass is 32.2. The number of carboxylic acid groups (broad SMARTS) is 1. The summed E-state index contributed by atoms with van der Waals surface area (Å²) in [5, 5.41) is 26.0. The number of nitrogens with zero attached hydrogens (tertiary/aromatic N) is 2. The van der Waals surface area contributed by atoms with Crippen molar-refractivity contribution in [2.24, 2.45) is 0 Å². The van der Waals surface area contributed by atoms with Crippen LogP contribution in [0.25, 0.3) is 0 Å². The highest BCUT2D eigenvalue weighted by Crippen LogP contribution is 2.39. The van der Waals surface area contributed by atoms with E-state index in [1.165, 1.54) is 0 Å². The second-order valence-electron chi connectivity index (χ2n) is 4.60. The van der Waals surface area contributed by atoms with Crippen LogP contribution in [0.3, 0.4) is 0 Å². The molecule has 2 aromatic rings. The van der Waals surface area contributed by atoms with Gasteiger partial charge in [-0.1, -0.05) is 23.1 Å². The maximum absolute atomic E-state index is 14.0. The number of nitrogens with two attached hydrogens (primary N) is 1. The molecule has 1 atom stereocenters. The van der Waals surface area contributed by atoms with Crippen LogP contribution >= 0.6 is 23.1 Å². The number of carbonyl (C=O) groups is 1. The van der Waals surface area contributed by atoms with E-state index in [9.17, 15) is 18.6 Å². The maximum Gasteiger partial charge on any atom is 0.537 e. The predicted molar refractivity (Wildman–Crippen MR) is 79.6 cm³/mol. The van der Waals surface area contributed by atoms with Gasteiger partial charge in [-0.2, -0.15) is 0 Å². The molecule has 4 N–H and O–H groups in total. The van der Waals surface area contributed by atoms with E-state index in [0.717, 1.165) is 23.1 Å². The summed E-state index contributed by atoms with van der Waals surface area (Å²) >= 11 is 2.15. The van der Waals surface area contributed by atoms with Crippen molar-refractivity contribution in [2.45, 2.75) is 15.9 Å². The van der Waals surface area contributed by atoms with E-state index in [1.54, 1.807) is 0 Å². The summed E-state index contributed by atoms with van der Waals surface area (Å²) in [5.74, 6) is -4.29. The molecule has 0 aliphatic carbocycles. The summed E-state index contributed by atoms with van der Waals surface area (Å²) in [5.41, 5.74) is 4.55. The van der Waals surface area contributed by atoms with Gasteiger partial charge in [-0.15, -0.1) is 10.2 Å². The van der Waals surface area contributed by atoms with Crippen LogP contribution in [0.2, 0.25) is 0 Å². The van der Waals surface area contributed by atoms with Crippen molar-refractivity contribution in [3.8, 4) is 5.75 Å². The summed E-state index contributed by atoms with van der Waals surface area (Å²) in [6.45, 7) is 0. The molecule has 2 heterocycles. The van der Waals surface area contributed by atoms with Crippen molar-refractivity contribution >= 4 is 41.3 Å². The number of thioether (sulfide) groups is 1. The number of aromatic nitrogens is 2. The Kier molecular flexibility index (Phi) is 4.12. The van der Waals surface area contributed by atoms with Gasteiger partial charge in [0.25, 0.3) is 0 Å². The number of benzene rings is 1. The van der Waals surface area contributed by atoms with E-state index in [0.29, 0.717) is 10.4 Å². The lowest BCUT2D eigenvalue weighted by Crippen LogP contribution is -2.41. The lowest BCUT2D eigenvalue weighted by atomic mass is 9.77. The molecule has 3 rings (SSSR count). The van der Waals surface area contributed by atoms with Gasteiger partial charge in [0.1, 0.15) is 22.9 Å². The molecular formula is C11H8BF2N3O4S2. The number of fused-ring (bicyclic) bond motifs is 1. The Morgan fingerprint density at radius 3 is 2.83 bits per heavy atom. The fraction of sp³-hybridized carbons (Fsp3) is 0.182. The number of aromatic carboxylic acids is 1. The third-order valence-electron chi connectivity index (χ3n) is 3.13. The van der Waals surface area contributed by atoms with E-state index in [1.807, 2.05) is 0 Å². The first-order chi connectivity index (χ1) is 10.9. The van der Waals surface area contributed by atoms with Gasteiger partial charge >= 0.3 is 13.1 Å². The van der Waals surface area contributed by atoms with Crippen molar-refractivity contribution in [1.29, 1.82) is 0 Å². The van der Waals surface area contributed by atoms with Crippen molar-refractivity contribution < 1.29 is 28.4 Å². The molecule has 0 bridgehead atoms. The molecule has 1 aromatic carbocycles. The molecule has 1 unspecified atom stereocenters. The van der Waals surface area contributed by atoms with E-state index in [2.05, 4.69) is 10.2 Å². The van der Waals surface area contributed by atoms with Gasteiger partial charge in [0, 0.05) is 11.6 Å². The number of anilines is 1. The molecule has 1 aliphatic heterocycles. The van der Waals surface area contributed by atoms with Crippen LogP contribution in [0.15, 0.2) is 10.4 Å². The van der Waals surface area contributed by atoms with Gasteiger partial charge in [0.05, 0.1) is 5.15 Å². The summed E-state index contributed by atoms with van der Waals surface area (Å²) in [4.78, 5) is 11.1. The predicted octanol–water partition coefficient (Wildman–Crippen LogP) is 1.21. The molecular weight excluding hydrogens is 351 g/mol. The minimum atomic E-state index is -1.60. The Hall–Kier alpha value is -1.92. The lowest BCUT2D eigenvalue weighted by Gasteiger charge is -2.27. The van der Waals surface area contributed by atoms with Gasteiger partial charge in [-0.3, -0.25) is 0 Å². The molecule has 7 nitrogen and oxygen atoms in total. The Labute approximate surface area is 136 Å². The Bertz CT molecular complexity index is 791. The zero-order valence-electron chi connectivity index (χ0n) is 11.2. The number of hydrogen-bond acceptors (Lipinski definition) is 8. The first-order valence-corrected chi connectivity index (χ1v) is 7.91. The van der Waals surface area contributed by atoms with Crippen molar-refractivity contribution in [1.82, 2.24) is 10.2 Å². The fourth-order valence-electron chi connectivity index (χ4n) is 2.15. The van der Waals surface area contributed by atoms with Crippen LogP contribution in [0, 0.1) is 11.6 Å². The molecule has 1 aliphatic rings. The largest absolute Gasteiger partial charge is 0.537 e. The normalized spacial score (nSPS) is 16.8. The van der Waals surface area contributed by atoms with Crippen LogP contribution in [-0.4, -0.2) is 38.6 Å². The fourth-order valence-corrected chi connectivity index (χ4v) is 4.08. The first kappa shape index (κ1) is 16.0. The molecule has 0 saturated carbocycles. The third kappa shape index (κ3) is 2.96. The van der Waals surface area contributed by atoms with Gasteiger partial charge < -0.3 is 20.5 Å². The number of carboxylic acids is 1. The Morgan fingerprint density at radius 1 is 1.48 bits per heavy atom. The molecule has 0 spiro atoms. The van der Waals surface area contributed by atoms with E-state index < -0.39 is 41.2 Å². The standard InChI is InChI=1S/C11H8BF2N3O4S2/c13-4-2-5(14)7(9(18)19)8-3(4)1-6(12(20)21-8)22-11-17-16-10(15)23-11/h2,6,20H,1H2,(H2,15,16)(H,18,19). The minimum absolute atomic E-state index is 0.0625. The number of rotatable bonds is 3. The molecule has 0 saturated heterocycles. The average molecular weight is 359 g/mol. The van der Waals surface area contributed by atoms with Crippen LogP contribution < -0.4 is 10.4 Å². The van der Waals surface area contributed by atoms with Crippen LogP contribution in [0.1, 0.15) is 15.9 Å². The Balaban J connectivity index is 1.96. The summed E-state index contributed by atoms with van der Waals surface area (Å²) in [7, 11) is -1.46. The summed E-state index contributed by atoms with van der Waals surface area (Å²) in [6.07, 6.45) is -0.0625. The van der Waals surface area contributed by atoms with Crippen LogP contribution in [-0.2, 0) is 6.42 Å². The molecule has 1 aromatic heterocycles. The van der Waals surface area contributed by atoms with E-state index >= 15 is 0 Å². The van der Waals surface area contributed by atoms with Crippen LogP contribution in [0.4, 0.5) is 13.9 Å². The summed E-state index contributed by atoms with van der Waals surface area (Å²) < 4.78 is 33.1. The number of halogens is 2. The highest BCUT2D eigenvalue weighted by molar-refractivity contribution is 8.02. The number of hydrogen-bond donors (Lipinski definition) is 3. The van der Waals surface area contributed by atoms with Crippen molar-refractivity contribution in [3.63, 3.8) is 0 Å². The van der Waals surface area contributed by atoms with E-state index in [-0.39, 0.29) is 17.1 Å².